The fraction of sp³-hybridized carbons (Fsp3) is 0. The Hall–Kier alpha value is -3.26. The minimum Gasteiger partial charge on any atom is -0.507 e. The third-order valence-electron chi connectivity index (χ3n) is 4.54. The standard InChI is InChI=1S/C22H14O2/c23-19-7-4-8-20-22(19)18-12-16-10-9-15(14-5-2-1-3-6-14)11-17(16)13-21(18)24-20/h1-13,23H. The van der Waals surface area contributed by atoms with Crippen molar-refractivity contribution >= 4 is 32.7 Å². The second-order valence-electron chi connectivity index (χ2n) is 6.03. The summed E-state index contributed by atoms with van der Waals surface area (Å²) in [6.45, 7) is 0. The zero-order chi connectivity index (χ0) is 16.1. The molecular weight excluding hydrogens is 296 g/mol. The summed E-state index contributed by atoms with van der Waals surface area (Å²) in [6, 6.07) is 26.3. The van der Waals surface area contributed by atoms with Crippen LogP contribution in [0.5, 0.6) is 5.75 Å². The number of benzene rings is 4. The van der Waals surface area contributed by atoms with E-state index in [2.05, 4.69) is 42.5 Å². The molecule has 0 atom stereocenters. The van der Waals surface area contributed by atoms with Crippen LogP contribution in [0.1, 0.15) is 0 Å². The third kappa shape index (κ3) is 1.90. The number of phenolic OH excluding ortho intramolecular Hbond substituents is 1. The van der Waals surface area contributed by atoms with Crippen LogP contribution in [0.25, 0.3) is 43.8 Å². The molecule has 0 spiro atoms. The van der Waals surface area contributed by atoms with Crippen molar-refractivity contribution in [3.63, 3.8) is 0 Å². The number of hydrogen-bond donors (Lipinski definition) is 1. The molecule has 114 valence electrons. The van der Waals surface area contributed by atoms with Crippen LogP contribution < -0.4 is 0 Å². The molecule has 2 nitrogen and oxygen atoms in total. The second-order valence-corrected chi connectivity index (χ2v) is 6.03. The van der Waals surface area contributed by atoms with Gasteiger partial charge in [0.05, 0.1) is 5.39 Å². The smallest absolute Gasteiger partial charge is 0.139 e. The van der Waals surface area contributed by atoms with Crippen LogP contribution in [-0.2, 0) is 0 Å². The van der Waals surface area contributed by atoms with Gasteiger partial charge in [-0.2, -0.15) is 0 Å². The molecule has 1 aromatic heterocycles. The first-order chi connectivity index (χ1) is 11.8. The van der Waals surface area contributed by atoms with Gasteiger partial charge in [-0.1, -0.05) is 48.5 Å². The normalized spacial score (nSPS) is 11.5. The van der Waals surface area contributed by atoms with Crippen LogP contribution in [0, 0.1) is 0 Å². The minimum absolute atomic E-state index is 0.256. The van der Waals surface area contributed by atoms with Crippen LogP contribution in [0.15, 0.2) is 83.3 Å². The van der Waals surface area contributed by atoms with Crippen LogP contribution in [0.4, 0.5) is 0 Å². The fourth-order valence-electron chi connectivity index (χ4n) is 3.36. The van der Waals surface area contributed by atoms with E-state index in [9.17, 15) is 5.11 Å². The highest BCUT2D eigenvalue weighted by Gasteiger charge is 2.11. The fourth-order valence-corrected chi connectivity index (χ4v) is 3.36. The summed E-state index contributed by atoms with van der Waals surface area (Å²) < 4.78 is 5.93. The molecule has 1 heterocycles. The van der Waals surface area contributed by atoms with E-state index < -0.39 is 0 Å². The van der Waals surface area contributed by atoms with Crippen molar-refractivity contribution in [1.29, 1.82) is 0 Å². The average molecular weight is 310 g/mol. The monoisotopic (exact) mass is 310 g/mol. The summed E-state index contributed by atoms with van der Waals surface area (Å²) in [5.41, 5.74) is 3.89. The first-order valence-corrected chi connectivity index (χ1v) is 7.93. The van der Waals surface area contributed by atoms with E-state index >= 15 is 0 Å². The van der Waals surface area contributed by atoms with Crippen molar-refractivity contribution in [1.82, 2.24) is 0 Å². The Labute approximate surface area is 138 Å². The first kappa shape index (κ1) is 13.2. The molecule has 2 heteroatoms. The van der Waals surface area contributed by atoms with Crippen LogP contribution in [-0.4, -0.2) is 5.11 Å². The van der Waals surface area contributed by atoms with Crippen molar-refractivity contribution in [3.05, 3.63) is 78.9 Å². The van der Waals surface area contributed by atoms with Gasteiger partial charge in [0, 0.05) is 5.39 Å². The Balaban J connectivity index is 1.81. The average Bonchev–Trinajstić information content (AvgIpc) is 2.98. The molecule has 24 heavy (non-hydrogen) atoms. The Morgan fingerprint density at radius 2 is 1.50 bits per heavy atom. The van der Waals surface area contributed by atoms with Gasteiger partial charge in [-0.3, -0.25) is 0 Å². The van der Waals surface area contributed by atoms with E-state index in [1.165, 1.54) is 11.1 Å². The molecule has 0 saturated carbocycles. The second kappa shape index (κ2) is 4.87. The Morgan fingerprint density at radius 3 is 2.38 bits per heavy atom. The molecule has 5 aromatic rings. The van der Waals surface area contributed by atoms with Gasteiger partial charge < -0.3 is 9.52 Å². The van der Waals surface area contributed by atoms with Crippen molar-refractivity contribution in [2.75, 3.05) is 0 Å². The maximum absolute atomic E-state index is 10.2. The number of fused-ring (bicyclic) bond motifs is 4. The Kier molecular flexibility index (Phi) is 2.68. The van der Waals surface area contributed by atoms with E-state index in [-0.39, 0.29) is 5.75 Å². The predicted molar refractivity (Wildman–Crippen MR) is 98.3 cm³/mol. The van der Waals surface area contributed by atoms with Crippen LogP contribution in [0.2, 0.25) is 0 Å². The number of hydrogen-bond acceptors (Lipinski definition) is 2. The highest BCUT2D eigenvalue weighted by atomic mass is 16.3. The molecule has 0 amide bonds. The van der Waals surface area contributed by atoms with Gasteiger partial charge in [0.25, 0.3) is 0 Å². The molecule has 0 saturated heterocycles. The first-order valence-electron chi connectivity index (χ1n) is 7.93. The Bertz CT molecular complexity index is 1200. The van der Waals surface area contributed by atoms with Gasteiger partial charge in [0.1, 0.15) is 16.9 Å². The summed E-state index contributed by atoms with van der Waals surface area (Å²) >= 11 is 0. The Morgan fingerprint density at radius 1 is 0.625 bits per heavy atom. The lowest BCUT2D eigenvalue weighted by Crippen LogP contribution is -1.79. The maximum atomic E-state index is 10.2. The topological polar surface area (TPSA) is 33.4 Å². The molecule has 0 bridgehead atoms. The van der Waals surface area contributed by atoms with E-state index in [0.717, 1.165) is 27.1 Å². The molecule has 0 aliphatic rings. The van der Waals surface area contributed by atoms with Gasteiger partial charge in [-0.25, -0.2) is 0 Å². The summed E-state index contributed by atoms with van der Waals surface area (Å²) in [5.74, 6) is 0.256. The minimum atomic E-state index is 0.256. The van der Waals surface area contributed by atoms with Crippen LogP contribution in [0.3, 0.4) is 0 Å². The largest absolute Gasteiger partial charge is 0.507 e. The number of furan rings is 1. The van der Waals surface area contributed by atoms with Crippen molar-refractivity contribution in [3.8, 4) is 16.9 Å². The van der Waals surface area contributed by atoms with Crippen molar-refractivity contribution in [2.24, 2.45) is 0 Å². The third-order valence-corrected chi connectivity index (χ3v) is 4.54. The lowest BCUT2D eigenvalue weighted by molar-refractivity contribution is 0.481. The molecule has 0 aliphatic heterocycles. The van der Waals surface area contributed by atoms with Crippen LogP contribution >= 0.6 is 0 Å². The van der Waals surface area contributed by atoms with Crippen molar-refractivity contribution in [2.45, 2.75) is 0 Å². The van der Waals surface area contributed by atoms with Gasteiger partial charge >= 0.3 is 0 Å². The SMILES string of the molecule is Oc1cccc2oc3cc4cc(-c5ccccc5)ccc4cc3c12. The van der Waals surface area contributed by atoms with E-state index in [1.807, 2.05) is 24.3 Å². The van der Waals surface area contributed by atoms with E-state index in [0.29, 0.717) is 5.58 Å². The molecule has 1 N–H and O–H groups in total. The number of aromatic hydroxyl groups is 1. The zero-order valence-electron chi connectivity index (χ0n) is 12.9. The molecule has 5 rings (SSSR count). The molecule has 0 unspecified atom stereocenters. The number of phenols is 1. The summed E-state index contributed by atoms with van der Waals surface area (Å²) in [7, 11) is 0. The molecule has 0 radical (unpaired) electrons. The van der Waals surface area contributed by atoms with Gasteiger partial charge in [0.15, 0.2) is 0 Å². The highest BCUT2D eigenvalue weighted by Crippen LogP contribution is 2.37. The van der Waals surface area contributed by atoms with Gasteiger partial charge in [-0.05, 0) is 52.2 Å². The number of rotatable bonds is 1. The molecule has 0 fully saturated rings. The molecular formula is C22H14O2. The quantitative estimate of drug-likeness (QED) is 0.405. The zero-order valence-corrected chi connectivity index (χ0v) is 12.9. The van der Waals surface area contributed by atoms with E-state index in [4.69, 9.17) is 4.42 Å². The molecule has 4 aromatic carbocycles. The highest BCUT2D eigenvalue weighted by molar-refractivity contribution is 6.12. The summed E-state index contributed by atoms with van der Waals surface area (Å²) in [6.07, 6.45) is 0. The maximum Gasteiger partial charge on any atom is 0.139 e. The summed E-state index contributed by atoms with van der Waals surface area (Å²) in [5, 5.41) is 14.1. The van der Waals surface area contributed by atoms with Gasteiger partial charge in [-0.15, -0.1) is 0 Å². The van der Waals surface area contributed by atoms with Crippen molar-refractivity contribution < 1.29 is 9.52 Å². The summed E-state index contributed by atoms with van der Waals surface area (Å²) in [4.78, 5) is 0. The van der Waals surface area contributed by atoms with Gasteiger partial charge in [0.2, 0.25) is 0 Å². The lowest BCUT2D eigenvalue weighted by Gasteiger charge is -2.04. The molecule has 0 aliphatic carbocycles. The lowest BCUT2D eigenvalue weighted by atomic mass is 10.00. The predicted octanol–water partition coefficient (Wildman–Crippen LogP) is 6.11. The van der Waals surface area contributed by atoms with E-state index in [1.54, 1.807) is 12.1 Å².